The fourth-order valence-corrected chi connectivity index (χ4v) is 7.64. The van der Waals surface area contributed by atoms with Gasteiger partial charge in [-0.2, -0.15) is 0 Å². The number of benzene rings is 1. The number of methoxy groups -OCH3 is 1. The lowest BCUT2D eigenvalue weighted by Crippen LogP contribution is -2.59. The summed E-state index contributed by atoms with van der Waals surface area (Å²) in [6, 6.07) is 9.93. The normalized spacial score (nSPS) is 16.8. The fourth-order valence-electron chi connectivity index (χ4n) is 6.12. The van der Waals surface area contributed by atoms with Gasteiger partial charge in [-0.3, -0.25) is 4.79 Å². The van der Waals surface area contributed by atoms with E-state index < -0.39 is 43.7 Å². The third kappa shape index (κ3) is 14.9. The van der Waals surface area contributed by atoms with Gasteiger partial charge >= 0.3 is 11.9 Å². The van der Waals surface area contributed by atoms with Crippen molar-refractivity contribution in [3.8, 4) is 0 Å². The third-order valence-corrected chi connectivity index (χ3v) is 14.6. The molecule has 2 atom stereocenters. The van der Waals surface area contributed by atoms with E-state index in [-0.39, 0.29) is 18.1 Å². The molecule has 1 aromatic rings. The Morgan fingerprint density at radius 2 is 1.52 bits per heavy atom. The molecular weight excluding hydrogens is 649 g/mol. The monoisotopic (exact) mass is 718 g/mol. The summed E-state index contributed by atoms with van der Waals surface area (Å²) in [4.78, 5) is 27.3. The van der Waals surface area contributed by atoms with Crippen LogP contribution in [0.1, 0.15) is 131 Å². The molecule has 1 saturated heterocycles. The first-order chi connectivity index (χ1) is 23.7. The molecule has 1 aromatic carbocycles. The van der Waals surface area contributed by atoms with E-state index in [1.807, 2.05) is 50.3 Å². The molecule has 0 aromatic heterocycles. The largest absolute Gasteiger partial charge is 0.469 e. The van der Waals surface area contributed by atoms with Crippen LogP contribution in [0.5, 0.6) is 0 Å². The maximum absolute atomic E-state index is 14.2. The van der Waals surface area contributed by atoms with Crippen molar-refractivity contribution >= 4 is 20.3 Å². The van der Waals surface area contributed by atoms with Gasteiger partial charge in [-0.05, 0) is 63.2 Å². The summed E-state index contributed by atoms with van der Waals surface area (Å²) in [6.45, 7) is 18.3. The topological polar surface area (TPSA) is 89.5 Å². The molecule has 286 valence electrons. The minimum Gasteiger partial charge on any atom is -0.469 e. The zero-order chi connectivity index (χ0) is 37.1. The Kier molecular flexibility index (Phi) is 19.5. The van der Waals surface area contributed by atoms with Crippen LogP contribution >= 0.6 is 0 Å². The van der Waals surface area contributed by atoms with Crippen LogP contribution in [0.25, 0.3) is 0 Å². The molecule has 1 heterocycles. The zero-order valence-corrected chi connectivity index (χ0v) is 34.0. The Morgan fingerprint density at radius 3 is 2.08 bits per heavy atom. The summed E-state index contributed by atoms with van der Waals surface area (Å²) in [6.07, 6.45) is 16.7. The zero-order valence-electron chi connectivity index (χ0n) is 33.0. The molecule has 50 heavy (non-hydrogen) atoms. The fraction of sp³-hybridized carbons (Fsp3) is 0.756. The van der Waals surface area contributed by atoms with Gasteiger partial charge in [0.2, 0.25) is 0 Å². The highest BCUT2D eigenvalue weighted by Gasteiger charge is 2.55. The van der Waals surface area contributed by atoms with Crippen molar-refractivity contribution in [2.45, 2.75) is 167 Å². The van der Waals surface area contributed by atoms with Gasteiger partial charge in [0.05, 0.1) is 46.1 Å². The molecule has 0 radical (unpaired) electrons. The van der Waals surface area contributed by atoms with Gasteiger partial charge in [0.1, 0.15) is 0 Å². The van der Waals surface area contributed by atoms with Crippen molar-refractivity contribution in [2.75, 3.05) is 26.9 Å². The van der Waals surface area contributed by atoms with E-state index in [2.05, 4.69) is 46.9 Å². The highest BCUT2D eigenvalue weighted by molar-refractivity contribution is 6.74. The van der Waals surface area contributed by atoms with Gasteiger partial charge in [-0.15, -0.1) is 0 Å². The highest BCUT2D eigenvalue weighted by Crippen LogP contribution is 2.43. The second-order valence-corrected chi connectivity index (χ2v) is 20.4. The molecule has 0 spiro atoms. The van der Waals surface area contributed by atoms with Crippen LogP contribution < -0.4 is 0 Å². The van der Waals surface area contributed by atoms with Crippen LogP contribution in [0.15, 0.2) is 42.5 Å². The van der Waals surface area contributed by atoms with Crippen LogP contribution in [0.2, 0.25) is 18.1 Å². The average molecular weight is 719 g/mol. The van der Waals surface area contributed by atoms with Crippen molar-refractivity contribution in [1.29, 1.82) is 0 Å². The maximum atomic E-state index is 14.2. The van der Waals surface area contributed by atoms with Crippen LogP contribution in [0, 0.1) is 5.92 Å². The molecule has 0 unspecified atom stereocenters. The number of carbonyl (C=O) groups excluding carboxylic acids is 2. The lowest BCUT2D eigenvalue weighted by Gasteiger charge is -2.46. The first kappa shape index (κ1) is 44.1. The number of ether oxygens (including phenoxy) is 5. The molecule has 1 fully saturated rings. The molecule has 1 aliphatic rings. The van der Waals surface area contributed by atoms with E-state index in [1.54, 1.807) is 0 Å². The number of rotatable bonds is 25. The van der Waals surface area contributed by atoms with Gasteiger partial charge < -0.3 is 28.1 Å². The molecule has 0 N–H and O–H groups in total. The van der Waals surface area contributed by atoms with E-state index in [0.29, 0.717) is 19.8 Å². The summed E-state index contributed by atoms with van der Waals surface area (Å²) in [5.74, 6) is -2.06. The van der Waals surface area contributed by atoms with Gasteiger partial charge in [0.25, 0.3) is 0 Å². The number of carbonyl (C=O) groups is 2. The standard InChI is InChI=1S/C41H70O8Si/c1-10-11-12-16-22-27-40(46-29-30-47-40)28-23-17-14-13-15-21-26-36(33-45-32-35-24-19-18-20-25-35)41(31-37(42)44-7,38(43)48-34(2)3)49-50(8,9)39(4,5)6/h18-21,24-26,34,36H,10-17,22-23,27-33H2,1-9H3/b26-21+/t36-,41+/m1/s1. The Morgan fingerprint density at radius 1 is 0.920 bits per heavy atom. The van der Waals surface area contributed by atoms with E-state index in [9.17, 15) is 9.59 Å². The smallest absolute Gasteiger partial charge is 0.338 e. The molecular formula is C41H70O8Si. The summed E-state index contributed by atoms with van der Waals surface area (Å²) < 4.78 is 36.6. The van der Waals surface area contributed by atoms with Gasteiger partial charge in [0, 0.05) is 18.8 Å². The Balaban J connectivity index is 2.20. The minimum absolute atomic E-state index is 0.171. The number of hydrogen-bond acceptors (Lipinski definition) is 8. The van der Waals surface area contributed by atoms with Crippen LogP contribution in [0.4, 0.5) is 0 Å². The predicted octanol–water partition coefficient (Wildman–Crippen LogP) is 10.1. The molecule has 0 aliphatic carbocycles. The molecule has 2 rings (SSSR count). The minimum atomic E-state index is -2.62. The van der Waals surface area contributed by atoms with Crippen LogP contribution in [-0.2, 0) is 44.3 Å². The molecule has 0 saturated carbocycles. The molecule has 1 aliphatic heterocycles. The first-order valence-electron chi connectivity index (χ1n) is 19.2. The molecule has 9 heteroatoms. The van der Waals surface area contributed by atoms with Gasteiger partial charge in [-0.25, -0.2) is 4.79 Å². The van der Waals surface area contributed by atoms with Crippen molar-refractivity contribution in [3.63, 3.8) is 0 Å². The van der Waals surface area contributed by atoms with Crippen molar-refractivity contribution in [1.82, 2.24) is 0 Å². The second-order valence-electron chi connectivity index (χ2n) is 15.7. The number of hydrogen-bond donors (Lipinski definition) is 0. The summed E-state index contributed by atoms with van der Waals surface area (Å²) >= 11 is 0. The Hall–Kier alpha value is -2.04. The van der Waals surface area contributed by atoms with E-state index >= 15 is 0 Å². The lowest BCUT2D eigenvalue weighted by atomic mass is 9.84. The van der Waals surface area contributed by atoms with Crippen molar-refractivity contribution < 1.29 is 37.7 Å². The Bertz CT molecular complexity index is 1120. The number of allylic oxidation sites excluding steroid dienone is 1. The molecule has 0 amide bonds. The van der Waals surface area contributed by atoms with E-state index in [1.165, 1.54) is 32.8 Å². The van der Waals surface area contributed by atoms with E-state index in [4.69, 9.17) is 28.1 Å². The first-order valence-corrected chi connectivity index (χ1v) is 22.2. The summed E-state index contributed by atoms with van der Waals surface area (Å²) in [5, 5.41) is -0.228. The van der Waals surface area contributed by atoms with Crippen LogP contribution in [-0.4, -0.2) is 64.7 Å². The van der Waals surface area contributed by atoms with Gasteiger partial charge in [0.15, 0.2) is 19.7 Å². The quantitative estimate of drug-likeness (QED) is 0.0427. The number of unbranched alkanes of at least 4 members (excludes halogenated alkanes) is 8. The molecule has 0 bridgehead atoms. The highest BCUT2D eigenvalue weighted by atomic mass is 28.4. The summed E-state index contributed by atoms with van der Waals surface area (Å²) in [7, 11) is -1.28. The SMILES string of the molecule is CCCCCCCC1(CCCCCC/C=C/[C@H](COCc2ccccc2)[C@](CC(=O)OC)(O[Si](C)(C)C(C)(C)C)C(=O)OC(C)C)OCCO1. The van der Waals surface area contributed by atoms with E-state index in [0.717, 1.165) is 56.9 Å². The maximum Gasteiger partial charge on any atom is 0.338 e. The summed E-state index contributed by atoms with van der Waals surface area (Å²) in [5.41, 5.74) is -0.588. The van der Waals surface area contributed by atoms with Gasteiger partial charge in [-0.1, -0.05) is 109 Å². The number of esters is 2. The Labute approximate surface area is 305 Å². The van der Waals surface area contributed by atoms with Crippen LogP contribution in [0.3, 0.4) is 0 Å². The predicted molar refractivity (Wildman–Crippen MR) is 203 cm³/mol. The lowest BCUT2D eigenvalue weighted by molar-refractivity contribution is -0.179. The third-order valence-electron chi connectivity index (χ3n) is 10.1. The second kappa shape index (κ2) is 22.1. The van der Waals surface area contributed by atoms with Crippen molar-refractivity contribution in [3.05, 3.63) is 48.0 Å². The van der Waals surface area contributed by atoms with Crippen molar-refractivity contribution in [2.24, 2.45) is 5.92 Å². The average Bonchev–Trinajstić information content (AvgIpc) is 3.52. The molecule has 8 nitrogen and oxygen atoms in total.